The van der Waals surface area contributed by atoms with Gasteiger partial charge in [-0.3, -0.25) is 0 Å². The number of sulfonamides is 1. The summed E-state index contributed by atoms with van der Waals surface area (Å²) in [4.78, 5) is 7.38. The average Bonchev–Trinajstić information content (AvgIpc) is 3.35. The zero-order valence-corrected chi connectivity index (χ0v) is 21.0. The summed E-state index contributed by atoms with van der Waals surface area (Å²) in [5, 5.41) is 3.40. The third-order valence-corrected chi connectivity index (χ3v) is 8.89. The van der Waals surface area contributed by atoms with E-state index in [4.69, 9.17) is 16.6 Å². The highest BCUT2D eigenvalue weighted by Crippen LogP contribution is 2.33. The molecule has 1 N–H and O–H groups in total. The van der Waals surface area contributed by atoms with E-state index < -0.39 is 10.0 Å². The van der Waals surface area contributed by atoms with Crippen LogP contribution in [0.25, 0.3) is 22.0 Å². The molecule has 32 heavy (non-hydrogen) atoms. The number of likely N-dealkylation sites (tertiary alicyclic amines) is 1. The van der Waals surface area contributed by atoms with Gasteiger partial charge in [0.1, 0.15) is 9.90 Å². The van der Waals surface area contributed by atoms with Gasteiger partial charge in [0, 0.05) is 41.8 Å². The second-order valence-corrected chi connectivity index (χ2v) is 11.5. The van der Waals surface area contributed by atoms with E-state index in [1.807, 2.05) is 48.2 Å². The summed E-state index contributed by atoms with van der Waals surface area (Å²) in [6, 6.07) is 9.28. The van der Waals surface area contributed by atoms with Gasteiger partial charge in [-0.05, 0) is 57.0 Å². The number of nitrogens with one attached hydrogen (secondary N) is 1. The van der Waals surface area contributed by atoms with E-state index in [-0.39, 0.29) is 0 Å². The number of nitrogens with zero attached hydrogens (tertiary/aromatic N) is 3. The van der Waals surface area contributed by atoms with Crippen LogP contribution in [0.4, 0.5) is 0 Å². The number of aromatic nitrogens is 2. The van der Waals surface area contributed by atoms with E-state index >= 15 is 0 Å². The zero-order valence-electron chi connectivity index (χ0n) is 18.6. The number of hydrogen-bond donors (Lipinski definition) is 1. The molecule has 6 nitrogen and oxygen atoms in total. The lowest BCUT2D eigenvalue weighted by Gasteiger charge is -2.30. The lowest BCUT2D eigenvalue weighted by Crippen LogP contribution is -2.39. The Labute approximate surface area is 199 Å². The van der Waals surface area contributed by atoms with Crippen LogP contribution in [-0.4, -0.2) is 49.0 Å². The average molecular weight is 493 g/mol. The molecule has 0 aliphatic carbocycles. The number of rotatable bonds is 7. The van der Waals surface area contributed by atoms with E-state index in [1.165, 1.54) is 24.2 Å². The van der Waals surface area contributed by atoms with Crippen molar-refractivity contribution in [2.24, 2.45) is 13.0 Å². The van der Waals surface area contributed by atoms with Crippen molar-refractivity contribution in [3.05, 3.63) is 46.4 Å². The van der Waals surface area contributed by atoms with Gasteiger partial charge in [-0.25, -0.2) is 18.1 Å². The predicted molar refractivity (Wildman–Crippen MR) is 132 cm³/mol. The predicted octanol–water partition coefficient (Wildman–Crippen LogP) is 4.79. The third kappa shape index (κ3) is 5.10. The van der Waals surface area contributed by atoms with E-state index in [0.29, 0.717) is 22.2 Å². The van der Waals surface area contributed by atoms with Crippen LogP contribution in [0.15, 0.2) is 40.6 Å². The highest BCUT2D eigenvalue weighted by Gasteiger charge is 2.24. The van der Waals surface area contributed by atoms with Crippen LogP contribution in [0.3, 0.4) is 0 Å². The normalized spacial score (nSPS) is 16.0. The lowest BCUT2D eigenvalue weighted by atomic mass is 9.99. The maximum Gasteiger partial charge on any atom is 0.242 e. The Hall–Kier alpha value is -1.71. The quantitative estimate of drug-likeness (QED) is 0.515. The van der Waals surface area contributed by atoms with Gasteiger partial charge in [-0.15, -0.1) is 11.3 Å². The first-order valence-corrected chi connectivity index (χ1v) is 13.6. The van der Waals surface area contributed by atoms with E-state index in [0.717, 1.165) is 47.5 Å². The van der Waals surface area contributed by atoms with Crippen molar-refractivity contribution in [2.45, 2.75) is 31.6 Å². The maximum absolute atomic E-state index is 13.0. The largest absolute Gasteiger partial charge is 0.345 e. The number of benzene rings is 1. The van der Waals surface area contributed by atoms with Crippen LogP contribution < -0.4 is 4.72 Å². The van der Waals surface area contributed by atoms with Crippen molar-refractivity contribution in [1.29, 1.82) is 0 Å². The molecule has 9 heteroatoms. The van der Waals surface area contributed by atoms with E-state index in [9.17, 15) is 8.42 Å². The topological polar surface area (TPSA) is 67.2 Å². The molecule has 0 unspecified atom stereocenters. The van der Waals surface area contributed by atoms with Gasteiger partial charge >= 0.3 is 0 Å². The minimum atomic E-state index is -3.60. The van der Waals surface area contributed by atoms with Gasteiger partial charge in [-0.2, -0.15) is 0 Å². The molecule has 0 amide bonds. The summed E-state index contributed by atoms with van der Waals surface area (Å²) in [6.45, 7) is 7.33. The standard InChI is InChI=1S/C23H29ClN4O2S2/c1-16-7-10-28(11-8-16)12-9-25-32(29,30)22-14-21(27(3)17(22)2)23-26-20(15-31-23)18-5-4-6-19(24)13-18/h4-6,13-16,25H,7-12H2,1-3H3. The fraction of sp³-hybridized carbons (Fsp3) is 0.435. The molecule has 1 saturated heterocycles. The molecule has 1 fully saturated rings. The molecule has 0 bridgehead atoms. The van der Waals surface area contributed by atoms with Crippen LogP contribution in [0.5, 0.6) is 0 Å². The Bertz CT molecular complexity index is 1190. The van der Waals surface area contributed by atoms with Gasteiger partial charge < -0.3 is 9.47 Å². The molecule has 0 spiro atoms. The van der Waals surface area contributed by atoms with E-state index in [1.54, 1.807) is 6.07 Å². The molecule has 2 aromatic heterocycles. The SMILES string of the molecule is Cc1c(S(=O)(=O)NCCN2CCC(C)CC2)cc(-c2nc(-c3cccc(Cl)c3)cs2)n1C. The molecule has 4 rings (SSSR count). The van der Waals surface area contributed by atoms with E-state index in [2.05, 4.69) is 16.5 Å². The van der Waals surface area contributed by atoms with Gasteiger partial charge in [0.25, 0.3) is 0 Å². The monoisotopic (exact) mass is 492 g/mol. The Balaban J connectivity index is 1.49. The zero-order chi connectivity index (χ0) is 22.9. The highest BCUT2D eigenvalue weighted by molar-refractivity contribution is 7.89. The maximum atomic E-state index is 13.0. The van der Waals surface area contributed by atoms with Gasteiger partial charge in [0.15, 0.2) is 0 Å². The molecule has 1 aliphatic heterocycles. The fourth-order valence-electron chi connectivity index (χ4n) is 4.02. The van der Waals surface area contributed by atoms with Crippen molar-refractivity contribution >= 4 is 33.0 Å². The minimum absolute atomic E-state index is 0.307. The third-order valence-electron chi connectivity index (χ3n) is 6.22. The Morgan fingerprint density at radius 1 is 1.25 bits per heavy atom. The number of thiazole rings is 1. The summed E-state index contributed by atoms with van der Waals surface area (Å²) >= 11 is 7.60. The van der Waals surface area contributed by atoms with Crippen molar-refractivity contribution in [3.63, 3.8) is 0 Å². The number of piperidine rings is 1. The first-order valence-electron chi connectivity index (χ1n) is 10.8. The summed E-state index contributed by atoms with van der Waals surface area (Å²) in [6.07, 6.45) is 2.36. The minimum Gasteiger partial charge on any atom is -0.345 e. The van der Waals surface area contributed by atoms with Crippen molar-refractivity contribution < 1.29 is 8.42 Å². The first kappa shape index (κ1) is 23.4. The molecular weight excluding hydrogens is 464 g/mol. The molecule has 3 aromatic rings. The second kappa shape index (κ2) is 9.65. The van der Waals surface area contributed by atoms with Crippen LogP contribution >= 0.6 is 22.9 Å². The molecule has 3 heterocycles. The Kier molecular flexibility index (Phi) is 7.07. The Morgan fingerprint density at radius 3 is 2.72 bits per heavy atom. The summed E-state index contributed by atoms with van der Waals surface area (Å²) in [5.74, 6) is 0.763. The smallest absolute Gasteiger partial charge is 0.242 e. The molecular formula is C23H29ClN4O2S2. The number of halogens is 1. The highest BCUT2D eigenvalue weighted by atomic mass is 35.5. The summed E-state index contributed by atoms with van der Waals surface area (Å²) in [5.41, 5.74) is 3.24. The fourth-order valence-corrected chi connectivity index (χ4v) is 6.40. The van der Waals surface area contributed by atoms with Crippen molar-refractivity contribution in [1.82, 2.24) is 19.2 Å². The van der Waals surface area contributed by atoms with Gasteiger partial charge in [-0.1, -0.05) is 30.7 Å². The van der Waals surface area contributed by atoms with Crippen molar-refractivity contribution in [3.8, 4) is 22.0 Å². The second-order valence-electron chi connectivity index (χ2n) is 8.51. The Morgan fingerprint density at radius 2 is 2.00 bits per heavy atom. The molecule has 1 aliphatic rings. The molecule has 172 valence electrons. The van der Waals surface area contributed by atoms with Crippen LogP contribution in [0, 0.1) is 12.8 Å². The summed E-state index contributed by atoms with van der Waals surface area (Å²) < 4.78 is 30.7. The van der Waals surface area contributed by atoms with Gasteiger partial charge in [0.2, 0.25) is 10.0 Å². The summed E-state index contributed by atoms with van der Waals surface area (Å²) in [7, 11) is -1.73. The number of hydrogen-bond acceptors (Lipinski definition) is 5. The van der Waals surface area contributed by atoms with Crippen LogP contribution in [0.2, 0.25) is 5.02 Å². The van der Waals surface area contributed by atoms with Gasteiger partial charge in [0.05, 0.1) is 11.4 Å². The molecule has 0 saturated carbocycles. The lowest BCUT2D eigenvalue weighted by molar-refractivity contribution is 0.195. The van der Waals surface area contributed by atoms with Crippen molar-refractivity contribution in [2.75, 3.05) is 26.2 Å². The molecule has 1 aromatic carbocycles. The van der Waals surface area contributed by atoms with Crippen LogP contribution in [0.1, 0.15) is 25.5 Å². The molecule has 0 radical (unpaired) electrons. The van der Waals surface area contributed by atoms with Crippen LogP contribution in [-0.2, 0) is 17.1 Å². The molecule has 0 atom stereocenters. The first-order chi connectivity index (χ1) is 15.2.